The largest absolute Gasteiger partial charge is 0.494 e. The van der Waals surface area contributed by atoms with Crippen molar-refractivity contribution < 1.29 is 14.6 Å². The first kappa shape index (κ1) is 21.0. The number of hydrogen-bond acceptors (Lipinski definition) is 5. The first-order chi connectivity index (χ1) is 14.1. The molecule has 3 N–H and O–H groups in total. The van der Waals surface area contributed by atoms with Crippen LogP contribution in [0.25, 0.3) is 0 Å². The quantitative estimate of drug-likeness (QED) is 0.628. The van der Waals surface area contributed by atoms with Gasteiger partial charge < -0.3 is 25.4 Å². The highest BCUT2D eigenvalue weighted by Crippen LogP contribution is 2.24. The number of carbonyl (C=O) groups is 1. The summed E-state index contributed by atoms with van der Waals surface area (Å²) in [4.78, 5) is 15.0. The van der Waals surface area contributed by atoms with Crippen molar-refractivity contribution in [2.45, 2.75) is 45.8 Å². The average molecular weight is 398 g/mol. The van der Waals surface area contributed by atoms with Crippen molar-refractivity contribution in [3.8, 4) is 5.75 Å². The number of nitrogens with zero attached hydrogens (tertiary/aromatic N) is 1. The Morgan fingerprint density at radius 2 is 1.79 bits per heavy atom. The van der Waals surface area contributed by atoms with Crippen LogP contribution in [-0.2, 0) is 11.4 Å². The van der Waals surface area contributed by atoms with Gasteiger partial charge in [0.15, 0.2) is 0 Å². The standard InChI is InChI=1S/C23H31N3O3/c1-3-29-22-12-9-20(15-18(22)16-27)24-17(2)23(28)25-19-7-10-21(11-8-19)26-13-5-4-6-14-26/h7-12,15,17,24,27H,3-6,13-14,16H2,1-2H3,(H,25,28). The number of benzene rings is 2. The van der Waals surface area contributed by atoms with E-state index in [1.165, 1.54) is 24.9 Å². The van der Waals surface area contributed by atoms with Crippen LogP contribution in [0.3, 0.4) is 0 Å². The number of anilines is 3. The summed E-state index contributed by atoms with van der Waals surface area (Å²) in [5.41, 5.74) is 3.45. The Labute approximate surface area is 172 Å². The number of rotatable bonds is 8. The summed E-state index contributed by atoms with van der Waals surface area (Å²) >= 11 is 0. The summed E-state index contributed by atoms with van der Waals surface area (Å²) < 4.78 is 5.50. The van der Waals surface area contributed by atoms with Crippen molar-refractivity contribution in [1.29, 1.82) is 0 Å². The van der Waals surface area contributed by atoms with Crippen LogP contribution in [0.4, 0.5) is 17.1 Å². The van der Waals surface area contributed by atoms with Gasteiger partial charge in [-0.3, -0.25) is 4.79 Å². The number of aliphatic hydroxyl groups is 1. The molecule has 0 radical (unpaired) electrons. The normalized spacial score (nSPS) is 14.9. The number of amides is 1. The second kappa shape index (κ2) is 10.2. The maximum absolute atomic E-state index is 12.6. The highest BCUT2D eigenvalue weighted by Gasteiger charge is 2.15. The molecule has 29 heavy (non-hydrogen) atoms. The molecule has 0 aromatic heterocycles. The Bertz CT molecular complexity index is 802. The lowest BCUT2D eigenvalue weighted by molar-refractivity contribution is -0.116. The predicted octanol–water partition coefficient (Wildman–Crippen LogP) is 4.01. The molecule has 2 aromatic rings. The lowest BCUT2D eigenvalue weighted by Gasteiger charge is -2.28. The van der Waals surface area contributed by atoms with E-state index < -0.39 is 6.04 Å². The van der Waals surface area contributed by atoms with E-state index in [9.17, 15) is 9.90 Å². The Kier molecular flexibility index (Phi) is 7.36. The van der Waals surface area contributed by atoms with E-state index in [-0.39, 0.29) is 12.5 Å². The van der Waals surface area contributed by atoms with Gasteiger partial charge >= 0.3 is 0 Å². The van der Waals surface area contributed by atoms with E-state index >= 15 is 0 Å². The molecule has 1 aliphatic heterocycles. The number of piperidine rings is 1. The van der Waals surface area contributed by atoms with Crippen LogP contribution in [0, 0.1) is 0 Å². The van der Waals surface area contributed by atoms with Crippen LogP contribution in [0.15, 0.2) is 42.5 Å². The molecule has 3 rings (SSSR count). The van der Waals surface area contributed by atoms with Crippen LogP contribution in [-0.4, -0.2) is 36.8 Å². The maximum atomic E-state index is 12.6. The minimum Gasteiger partial charge on any atom is -0.494 e. The Hall–Kier alpha value is -2.73. The van der Waals surface area contributed by atoms with Crippen molar-refractivity contribution in [2.75, 3.05) is 35.2 Å². The summed E-state index contributed by atoms with van der Waals surface area (Å²) in [6.45, 7) is 6.34. The van der Waals surface area contributed by atoms with Crippen LogP contribution in [0.2, 0.25) is 0 Å². The van der Waals surface area contributed by atoms with E-state index in [0.717, 1.165) is 24.5 Å². The Morgan fingerprint density at radius 3 is 2.45 bits per heavy atom. The molecule has 1 atom stereocenters. The van der Waals surface area contributed by atoms with Gasteiger partial charge in [0.25, 0.3) is 0 Å². The lowest BCUT2D eigenvalue weighted by atomic mass is 10.1. The van der Waals surface area contributed by atoms with Gasteiger partial charge in [0.05, 0.1) is 13.2 Å². The zero-order valence-corrected chi connectivity index (χ0v) is 17.3. The summed E-state index contributed by atoms with van der Waals surface area (Å²) in [5.74, 6) is 0.543. The first-order valence-corrected chi connectivity index (χ1v) is 10.4. The third-order valence-electron chi connectivity index (χ3n) is 5.16. The molecule has 1 fully saturated rings. The molecule has 0 spiro atoms. The Balaban J connectivity index is 1.57. The topological polar surface area (TPSA) is 73.8 Å². The minimum atomic E-state index is -0.429. The Morgan fingerprint density at radius 1 is 1.10 bits per heavy atom. The third-order valence-corrected chi connectivity index (χ3v) is 5.16. The van der Waals surface area contributed by atoms with E-state index in [1.54, 1.807) is 6.07 Å². The molecule has 1 aliphatic rings. The molecular weight excluding hydrogens is 366 g/mol. The highest BCUT2D eigenvalue weighted by atomic mass is 16.5. The van der Waals surface area contributed by atoms with Crippen molar-refractivity contribution in [1.82, 2.24) is 0 Å². The maximum Gasteiger partial charge on any atom is 0.246 e. The lowest BCUT2D eigenvalue weighted by Crippen LogP contribution is -2.32. The number of aliphatic hydroxyl groups excluding tert-OH is 1. The fourth-order valence-electron chi connectivity index (χ4n) is 3.56. The number of hydrogen-bond donors (Lipinski definition) is 3. The van der Waals surface area contributed by atoms with Gasteiger partial charge in [-0.15, -0.1) is 0 Å². The van der Waals surface area contributed by atoms with Crippen LogP contribution >= 0.6 is 0 Å². The van der Waals surface area contributed by atoms with Crippen molar-refractivity contribution in [2.24, 2.45) is 0 Å². The SMILES string of the molecule is CCOc1ccc(NC(C)C(=O)Nc2ccc(N3CCCCC3)cc2)cc1CO. The summed E-state index contributed by atoms with van der Waals surface area (Å²) in [7, 11) is 0. The summed E-state index contributed by atoms with van der Waals surface area (Å²) in [6, 6.07) is 13.1. The molecule has 0 aliphatic carbocycles. The van der Waals surface area contributed by atoms with Crippen LogP contribution < -0.4 is 20.3 Å². The molecular formula is C23H31N3O3. The molecule has 1 unspecified atom stereocenters. The van der Waals surface area contributed by atoms with Gasteiger partial charge in [-0.25, -0.2) is 0 Å². The van der Waals surface area contributed by atoms with Gasteiger partial charge in [0.2, 0.25) is 5.91 Å². The van der Waals surface area contributed by atoms with Crippen LogP contribution in [0.1, 0.15) is 38.7 Å². The monoisotopic (exact) mass is 397 g/mol. The van der Waals surface area contributed by atoms with Gasteiger partial charge in [-0.2, -0.15) is 0 Å². The number of ether oxygens (including phenoxy) is 1. The zero-order chi connectivity index (χ0) is 20.6. The predicted molar refractivity (Wildman–Crippen MR) is 118 cm³/mol. The molecule has 0 bridgehead atoms. The fourth-order valence-corrected chi connectivity index (χ4v) is 3.56. The molecule has 1 heterocycles. The van der Waals surface area contributed by atoms with Crippen molar-refractivity contribution in [3.63, 3.8) is 0 Å². The average Bonchev–Trinajstić information content (AvgIpc) is 2.76. The summed E-state index contributed by atoms with van der Waals surface area (Å²) in [5, 5.41) is 15.7. The van der Waals surface area contributed by atoms with Gasteiger partial charge in [-0.05, 0) is 75.6 Å². The molecule has 6 nitrogen and oxygen atoms in total. The second-order valence-electron chi connectivity index (χ2n) is 7.36. The second-order valence-corrected chi connectivity index (χ2v) is 7.36. The van der Waals surface area contributed by atoms with Crippen molar-refractivity contribution in [3.05, 3.63) is 48.0 Å². The zero-order valence-electron chi connectivity index (χ0n) is 17.3. The molecule has 156 valence electrons. The minimum absolute atomic E-state index is 0.116. The van der Waals surface area contributed by atoms with Crippen molar-refractivity contribution >= 4 is 23.0 Å². The molecule has 2 aromatic carbocycles. The van der Waals surface area contributed by atoms with Gasteiger partial charge in [0.1, 0.15) is 11.8 Å². The molecule has 0 saturated carbocycles. The van der Waals surface area contributed by atoms with E-state index in [4.69, 9.17) is 4.74 Å². The fraction of sp³-hybridized carbons (Fsp3) is 0.435. The van der Waals surface area contributed by atoms with Gasteiger partial charge in [0, 0.05) is 35.7 Å². The summed E-state index contributed by atoms with van der Waals surface area (Å²) in [6.07, 6.45) is 3.79. The van der Waals surface area contributed by atoms with E-state index in [0.29, 0.717) is 17.9 Å². The third kappa shape index (κ3) is 5.64. The van der Waals surface area contributed by atoms with Crippen LogP contribution in [0.5, 0.6) is 5.75 Å². The highest BCUT2D eigenvalue weighted by molar-refractivity contribution is 5.96. The smallest absolute Gasteiger partial charge is 0.246 e. The van der Waals surface area contributed by atoms with Gasteiger partial charge in [-0.1, -0.05) is 0 Å². The first-order valence-electron chi connectivity index (χ1n) is 10.4. The number of nitrogens with one attached hydrogen (secondary N) is 2. The van der Waals surface area contributed by atoms with E-state index in [1.807, 2.05) is 38.1 Å². The van der Waals surface area contributed by atoms with E-state index in [2.05, 4.69) is 27.7 Å². The molecule has 6 heteroatoms. The molecule has 1 saturated heterocycles. The molecule has 1 amide bonds. The number of carbonyl (C=O) groups excluding carboxylic acids is 1.